The second-order valence-electron chi connectivity index (χ2n) is 2.39. The second-order valence-corrected chi connectivity index (χ2v) is 3.13. The van der Waals surface area contributed by atoms with Crippen LogP contribution in [0.15, 0.2) is 10.8 Å². The van der Waals surface area contributed by atoms with Crippen molar-refractivity contribution >= 4 is 17.0 Å². The van der Waals surface area contributed by atoms with Crippen molar-refractivity contribution < 1.29 is 4.74 Å². The summed E-state index contributed by atoms with van der Waals surface area (Å²) in [7, 11) is 2.09. The van der Waals surface area contributed by atoms with E-state index in [-0.39, 0.29) is 0 Å². The van der Waals surface area contributed by atoms with Crippen LogP contribution in [0.4, 0.5) is 5.69 Å². The standard InChI is InChI=1S/C7H9NOS/c1-8-2-3-9-7-5-10-4-6(7)8/h4-5H,2-3H2,1H3. The van der Waals surface area contributed by atoms with Gasteiger partial charge in [0.2, 0.25) is 0 Å². The van der Waals surface area contributed by atoms with Gasteiger partial charge in [-0.2, -0.15) is 0 Å². The Kier molecular flexibility index (Phi) is 1.31. The number of rotatable bonds is 0. The predicted molar refractivity (Wildman–Crippen MR) is 43.1 cm³/mol. The van der Waals surface area contributed by atoms with Gasteiger partial charge in [-0.15, -0.1) is 11.3 Å². The maximum absolute atomic E-state index is 5.40. The highest BCUT2D eigenvalue weighted by Crippen LogP contribution is 2.33. The van der Waals surface area contributed by atoms with Crippen LogP contribution in [0.1, 0.15) is 0 Å². The van der Waals surface area contributed by atoms with Crippen LogP contribution < -0.4 is 9.64 Å². The summed E-state index contributed by atoms with van der Waals surface area (Å²) in [6.45, 7) is 1.82. The lowest BCUT2D eigenvalue weighted by Crippen LogP contribution is -2.27. The molecule has 2 rings (SSSR count). The van der Waals surface area contributed by atoms with Crippen LogP contribution in [0.25, 0.3) is 0 Å². The Hall–Kier alpha value is -0.700. The molecule has 0 aliphatic carbocycles. The van der Waals surface area contributed by atoms with E-state index in [2.05, 4.69) is 17.3 Å². The van der Waals surface area contributed by atoms with Crippen LogP contribution in [-0.4, -0.2) is 20.2 Å². The zero-order valence-corrected chi connectivity index (χ0v) is 6.65. The number of ether oxygens (including phenoxy) is 1. The van der Waals surface area contributed by atoms with Crippen LogP contribution in [0.5, 0.6) is 5.75 Å². The molecule has 0 saturated carbocycles. The lowest BCUT2D eigenvalue weighted by Gasteiger charge is -2.24. The van der Waals surface area contributed by atoms with Gasteiger partial charge >= 0.3 is 0 Å². The van der Waals surface area contributed by atoms with E-state index in [9.17, 15) is 0 Å². The van der Waals surface area contributed by atoms with Crippen molar-refractivity contribution in [3.8, 4) is 5.75 Å². The van der Waals surface area contributed by atoms with Gasteiger partial charge in [-0.3, -0.25) is 0 Å². The van der Waals surface area contributed by atoms with Gasteiger partial charge in [-0.05, 0) is 0 Å². The SMILES string of the molecule is CN1CCOc2cscc21. The van der Waals surface area contributed by atoms with Crippen LogP contribution in [0.2, 0.25) is 0 Å². The van der Waals surface area contributed by atoms with E-state index in [1.807, 2.05) is 5.38 Å². The van der Waals surface area contributed by atoms with E-state index < -0.39 is 0 Å². The molecule has 1 aliphatic rings. The summed E-state index contributed by atoms with van der Waals surface area (Å²) in [5.74, 6) is 1.04. The van der Waals surface area contributed by atoms with Crippen molar-refractivity contribution in [2.75, 3.05) is 25.1 Å². The first-order chi connectivity index (χ1) is 4.88. The summed E-state index contributed by atoms with van der Waals surface area (Å²) >= 11 is 1.69. The van der Waals surface area contributed by atoms with Crippen LogP contribution in [-0.2, 0) is 0 Å². The molecule has 0 atom stereocenters. The van der Waals surface area contributed by atoms with Gasteiger partial charge in [-0.1, -0.05) is 0 Å². The van der Waals surface area contributed by atoms with E-state index in [1.165, 1.54) is 5.69 Å². The maximum Gasteiger partial charge on any atom is 0.153 e. The first-order valence-electron chi connectivity index (χ1n) is 3.28. The number of thiophene rings is 1. The fourth-order valence-corrected chi connectivity index (χ4v) is 1.88. The first kappa shape index (κ1) is 6.04. The largest absolute Gasteiger partial charge is 0.489 e. The second kappa shape index (κ2) is 2.16. The first-order valence-corrected chi connectivity index (χ1v) is 4.22. The molecule has 0 bridgehead atoms. The summed E-state index contributed by atoms with van der Waals surface area (Å²) in [5, 5.41) is 4.17. The molecular formula is C7H9NOS. The van der Waals surface area contributed by atoms with E-state index in [1.54, 1.807) is 11.3 Å². The Labute approximate surface area is 64.0 Å². The number of anilines is 1. The molecule has 1 aliphatic heterocycles. The van der Waals surface area contributed by atoms with Crippen molar-refractivity contribution in [1.82, 2.24) is 0 Å². The normalized spacial score (nSPS) is 16.3. The fraction of sp³-hybridized carbons (Fsp3) is 0.429. The zero-order chi connectivity index (χ0) is 6.97. The number of nitrogens with zero attached hydrogens (tertiary/aromatic N) is 1. The van der Waals surface area contributed by atoms with Gasteiger partial charge in [0.25, 0.3) is 0 Å². The van der Waals surface area contributed by atoms with E-state index in [0.717, 1.165) is 18.9 Å². The summed E-state index contributed by atoms with van der Waals surface area (Å²) in [5.41, 5.74) is 1.23. The summed E-state index contributed by atoms with van der Waals surface area (Å²) in [6.07, 6.45) is 0. The molecule has 0 saturated heterocycles. The Balaban J connectivity index is 2.41. The molecule has 1 aromatic rings. The average Bonchev–Trinajstić information content (AvgIpc) is 2.36. The van der Waals surface area contributed by atoms with E-state index in [4.69, 9.17) is 4.74 Å². The zero-order valence-electron chi connectivity index (χ0n) is 5.83. The third kappa shape index (κ3) is 0.778. The van der Waals surface area contributed by atoms with Crippen molar-refractivity contribution in [3.05, 3.63) is 10.8 Å². The smallest absolute Gasteiger partial charge is 0.153 e. The lowest BCUT2D eigenvalue weighted by atomic mass is 10.4. The Morgan fingerprint density at radius 1 is 1.60 bits per heavy atom. The lowest BCUT2D eigenvalue weighted by molar-refractivity contribution is 0.313. The Morgan fingerprint density at radius 2 is 2.50 bits per heavy atom. The van der Waals surface area contributed by atoms with Crippen molar-refractivity contribution in [1.29, 1.82) is 0 Å². The highest BCUT2D eigenvalue weighted by atomic mass is 32.1. The molecule has 3 heteroatoms. The molecule has 0 fully saturated rings. The molecule has 1 aromatic heterocycles. The number of hydrogen-bond donors (Lipinski definition) is 0. The maximum atomic E-state index is 5.40. The molecule has 0 radical (unpaired) electrons. The molecule has 0 amide bonds. The highest BCUT2D eigenvalue weighted by molar-refractivity contribution is 7.08. The molecule has 0 unspecified atom stereocenters. The highest BCUT2D eigenvalue weighted by Gasteiger charge is 2.14. The van der Waals surface area contributed by atoms with Gasteiger partial charge in [0, 0.05) is 17.8 Å². The third-order valence-corrected chi connectivity index (χ3v) is 2.41. The summed E-state index contributed by atoms with van der Waals surface area (Å²) in [4.78, 5) is 2.22. The molecule has 0 spiro atoms. The van der Waals surface area contributed by atoms with Crippen molar-refractivity contribution in [2.45, 2.75) is 0 Å². The van der Waals surface area contributed by atoms with Crippen LogP contribution >= 0.6 is 11.3 Å². The van der Waals surface area contributed by atoms with Gasteiger partial charge in [0.15, 0.2) is 5.75 Å². The number of likely N-dealkylation sites (N-methyl/N-ethyl adjacent to an activating group) is 1. The molecule has 54 valence electrons. The van der Waals surface area contributed by atoms with Gasteiger partial charge < -0.3 is 9.64 Å². The van der Waals surface area contributed by atoms with Gasteiger partial charge in [0.05, 0.1) is 12.2 Å². The topological polar surface area (TPSA) is 12.5 Å². The predicted octanol–water partition coefficient (Wildman–Crippen LogP) is 1.58. The molecule has 0 aromatic carbocycles. The minimum absolute atomic E-state index is 0.820. The molecule has 2 heterocycles. The Bertz CT molecular complexity index is 233. The van der Waals surface area contributed by atoms with Crippen LogP contribution in [0.3, 0.4) is 0 Å². The van der Waals surface area contributed by atoms with E-state index >= 15 is 0 Å². The quantitative estimate of drug-likeness (QED) is 0.564. The van der Waals surface area contributed by atoms with Crippen molar-refractivity contribution in [3.63, 3.8) is 0 Å². The molecule has 2 nitrogen and oxygen atoms in total. The fourth-order valence-electron chi connectivity index (χ4n) is 1.08. The van der Waals surface area contributed by atoms with Crippen LogP contribution in [0, 0.1) is 0 Å². The molecular weight excluding hydrogens is 146 g/mol. The van der Waals surface area contributed by atoms with Gasteiger partial charge in [-0.25, -0.2) is 0 Å². The third-order valence-electron chi connectivity index (χ3n) is 1.70. The Morgan fingerprint density at radius 3 is 3.30 bits per heavy atom. The summed E-state index contributed by atoms with van der Waals surface area (Å²) < 4.78 is 5.40. The molecule has 10 heavy (non-hydrogen) atoms. The number of hydrogen-bond acceptors (Lipinski definition) is 3. The van der Waals surface area contributed by atoms with E-state index in [0.29, 0.717) is 0 Å². The minimum Gasteiger partial charge on any atom is -0.489 e. The average molecular weight is 155 g/mol. The minimum atomic E-state index is 0.820. The van der Waals surface area contributed by atoms with Gasteiger partial charge in [0.1, 0.15) is 6.61 Å². The monoisotopic (exact) mass is 155 g/mol. The number of fused-ring (bicyclic) bond motifs is 1. The summed E-state index contributed by atoms with van der Waals surface area (Å²) in [6, 6.07) is 0. The molecule has 0 N–H and O–H groups in total. The van der Waals surface area contributed by atoms with Crippen molar-refractivity contribution in [2.24, 2.45) is 0 Å².